The Labute approximate surface area is 177 Å². The second-order valence-corrected chi connectivity index (χ2v) is 7.86. The Morgan fingerprint density at radius 1 is 0.900 bits per heavy atom. The van der Waals surface area contributed by atoms with Crippen molar-refractivity contribution in [2.45, 2.75) is 33.6 Å². The molecule has 2 heterocycles. The summed E-state index contributed by atoms with van der Waals surface area (Å²) >= 11 is 0. The number of rotatable bonds is 5. The summed E-state index contributed by atoms with van der Waals surface area (Å²) in [6, 6.07) is 15.5. The minimum Gasteiger partial charge on any atom is -0.341 e. The number of hydrogen-bond acceptors (Lipinski definition) is 5. The normalized spacial score (nSPS) is 13.4. The topological polar surface area (TPSA) is 70.2 Å². The summed E-state index contributed by atoms with van der Waals surface area (Å²) in [7, 11) is 0. The van der Waals surface area contributed by atoms with Crippen LogP contribution in [0.2, 0.25) is 0 Å². The summed E-state index contributed by atoms with van der Waals surface area (Å²) in [4.78, 5) is 24.1. The molecule has 3 aromatic rings. The first-order chi connectivity index (χ1) is 14.5. The number of carbonyl (C=O) groups excluding carboxylic acids is 1. The van der Waals surface area contributed by atoms with Crippen LogP contribution in [0.5, 0.6) is 0 Å². The van der Waals surface area contributed by atoms with Crippen LogP contribution in [0.4, 0.5) is 23.1 Å². The number of carbonyl (C=O) groups is 1. The molecule has 4 rings (SSSR count). The van der Waals surface area contributed by atoms with Gasteiger partial charge in [0.2, 0.25) is 5.95 Å². The van der Waals surface area contributed by atoms with E-state index in [2.05, 4.69) is 25.5 Å². The number of nitrogens with one attached hydrogen (secondary N) is 2. The molecule has 1 saturated heterocycles. The molecule has 2 aromatic carbocycles. The maximum atomic E-state index is 12.6. The van der Waals surface area contributed by atoms with E-state index in [0.29, 0.717) is 5.56 Å². The lowest BCUT2D eigenvalue weighted by Gasteiger charge is -2.17. The van der Waals surface area contributed by atoms with Gasteiger partial charge in [-0.3, -0.25) is 4.79 Å². The highest BCUT2D eigenvalue weighted by Gasteiger charge is 2.16. The van der Waals surface area contributed by atoms with E-state index < -0.39 is 0 Å². The fourth-order valence-electron chi connectivity index (χ4n) is 3.64. The molecule has 154 valence electrons. The highest BCUT2D eigenvalue weighted by atomic mass is 16.1. The predicted molar refractivity (Wildman–Crippen MR) is 122 cm³/mol. The molecular formula is C24H27N5O. The Morgan fingerprint density at radius 3 is 2.33 bits per heavy atom. The van der Waals surface area contributed by atoms with Crippen molar-refractivity contribution < 1.29 is 4.79 Å². The highest BCUT2D eigenvalue weighted by Crippen LogP contribution is 2.22. The van der Waals surface area contributed by atoms with Crippen LogP contribution in [0.3, 0.4) is 0 Å². The number of nitrogens with zero attached hydrogens (tertiary/aromatic N) is 3. The zero-order valence-corrected chi connectivity index (χ0v) is 17.7. The zero-order valence-electron chi connectivity index (χ0n) is 17.7. The molecule has 30 heavy (non-hydrogen) atoms. The fraction of sp³-hybridized carbons (Fsp3) is 0.292. The zero-order chi connectivity index (χ0) is 21.1. The average Bonchev–Trinajstić information content (AvgIpc) is 3.26. The van der Waals surface area contributed by atoms with E-state index in [1.807, 2.05) is 69.3 Å². The minimum absolute atomic E-state index is 0.0985. The first-order valence-corrected chi connectivity index (χ1v) is 10.3. The van der Waals surface area contributed by atoms with Crippen molar-refractivity contribution in [3.05, 3.63) is 70.9 Å². The first kappa shape index (κ1) is 19.9. The summed E-state index contributed by atoms with van der Waals surface area (Å²) < 4.78 is 0. The molecule has 0 aliphatic carbocycles. The lowest BCUT2D eigenvalue weighted by Crippen LogP contribution is -2.21. The van der Waals surface area contributed by atoms with E-state index in [1.54, 1.807) is 0 Å². The van der Waals surface area contributed by atoms with Crippen molar-refractivity contribution in [3.8, 4) is 0 Å². The summed E-state index contributed by atoms with van der Waals surface area (Å²) in [5.74, 6) is 1.46. The van der Waals surface area contributed by atoms with Crippen LogP contribution in [0.1, 0.15) is 40.0 Å². The van der Waals surface area contributed by atoms with Crippen LogP contribution in [0.25, 0.3) is 0 Å². The monoisotopic (exact) mass is 401 g/mol. The van der Waals surface area contributed by atoms with Gasteiger partial charge in [-0.15, -0.1) is 0 Å². The molecule has 1 fully saturated rings. The van der Waals surface area contributed by atoms with Crippen LogP contribution in [-0.4, -0.2) is 29.0 Å². The lowest BCUT2D eigenvalue weighted by atomic mass is 10.1. The third-order valence-electron chi connectivity index (χ3n) is 5.28. The van der Waals surface area contributed by atoms with Crippen LogP contribution < -0.4 is 15.5 Å². The number of anilines is 4. The molecule has 0 unspecified atom stereocenters. The van der Waals surface area contributed by atoms with Gasteiger partial charge in [0.1, 0.15) is 5.82 Å². The molecule has 1 amide bonds. The lowest BCUT2D eigenvalue weighted by molar-refractivity contribution is 0.102. The molecule has 6 nitrogen and oxygen atoms in total. The molecule has 0 bridgehead atoms. The summed E-state index contributed by atoms with van der Waals surface area (Å²) in [6.45, 7) is 7.94. The van der Waals surface area contributed by atoms with E-state index in [-0.39, 0.29) is 5.91 Å². The molecule has 0 saturated carbocycles. The standard InChI is InChI=1S/C24H27N5O/c1-16-6-7-17(2)21(14-16)23(30)27-20-10-8-19(9-11-20)26-22-15-18(3)25-24(28-22)29-12-4-5-13-29/h6-11,14-15H,4-5,12-13H2,1-3H3,(H,27,30)(H,25,26,28). The van der Waals surface area contributed by atoms with Gasteiger partial charge < -0.3 is 15.5 Å². The Balaban J connectivity index is 1.45. The summed E-state index contributed by atoms with van der Waals surface area (Å²) in [5.41, 5.74) is 5.33. The summed E-state index contributed by atoms with van der Waals surface area (Å²) in [6.07, 6.45) is 2.38. The van der Waals surface area contributed by atoms with Crippen LogP contribution >= 0.6 is 0 Å². The number of amides is 1. The first-order valence-electron chi connectivity index (χ1n) is 10.3. The van der Waals surface area contributed by atoms with E-state index in [0.717, 1.165) is 53.1 Å². The molecule has 0 radical (unpaired) electrons. The van der Waals surface area contributed by atoms with Gasteiger partial charge in [0.25, 0.3) is 5.91 Å². The van der Waals surface area contributed by atoms with Crippen LogP contribution in [0.15, 0.2) is 48.5 Å². The van der Waals surface area contributed by atoms with Gasteiger partial charge in [-0.1, -0.05) is 17.7 Å². The Kier molecular flexibility index (Phi) is 5.65. The predicted octanol–water partition coefficient (Wildman–Crippen LogP) is 5.00. The SMILES string of the molecule is Cc1ccc(C)c(C(=O)Nc2ccc(Nc3cc(C)nc(N4CCCC4)n3)cc2)c1. The van der Waals surface area contributed by atoms with E-state index in [4.69, 9.17) is 0 Å². The van der Waals surface area contributed by atoms with Gasteiger partial charge in [0, 0.05) is 41.8 Å². The molecule has 0 atom stereocenters. The smallest absolute Gasteiger partial charge is 0.255 e. The molecule has 0 spiro atoms. The second-order valence-electron chi connectivity index (χ2n) is 7.86. The molecule has 1 aliphatic heterocycles. The van der Waals surface area contributed by atoms with Crippen molar-refractivity contribution in [1.29, 1.82) is 0 Å². The van der Waals surface area contributed by atoms with Gasteiger partial charge in [0.05, 0.1) is 0 Å². The van der Waals surface area contributed by atoms with Gasteiger partial charge in [-0.25, -0.2) is 4.98 Å². The molecule has 1 aliphatic rings. The molecule has 6 heteroatoms. The highest BCUT2D eigenvalue weighted by molar-refractivity contribution is 6.05. The third-order valence-corrected chi connectivity index (χ3v) is 5.28. The van der Waals surface area contributed by atoms with Gasteiger partial charge in [-0.2, -0.15) is 4.98 Å². The van der Waals surface area contributed by atoms with Crippen LogP contribution in [-0.2, 0) is 0 Å². The Morgan fingerprint density at radius 2 is 1.60 bits per heavy atom. The Bertz CT molecular complexity index is 1060. The van der Waals surface area contributed by atoms with E-state index in [9.17, 15) is 4.79 Å². The minimum atomic E-state index is -0.0985. The third kappa shape index (κ3) is 4.59. The number of benzene rings is 2. The molecule has 2 N–H and O–H groups in total. The van der Waals surface area contributed by atoms with Crippen molar-refractivity contribution in [2.75, 3.05) is 28.6 Å². The second kappa shape index (κ2) is 8.53. The maximum absolute atomic E-state index is 12.6. The van der Waals surface area contributed by atoms with Crippen molar-refractivity contribution >= 4 is 29.0 Å². The summed E-state index contributed by atoms with van der Waals surface area (Å²) in [5, 5.41) is 6.32. The molecular weight excluding hydrogens is 374 g/mol. The van der Waals surface area contributed by atoms with Gasteiger partial charge in [-0.05, 0) is 69.5 Å². The maximum Gasteiger partial charge on any atom is 0.255 e. The van der Waals surface area contributed by atoms with E-state index >= 15 is 0 Å². The average molecular weight is 402 g/mol. The van der Waals surface area contributed by atoms with Crippen molar-refractivity contribution in [2.24, 2.45) is 0 Å². The van der Waals surface area contributed by atoms with Gasteiger partial charge in [0.15, 0.2) is 0 Å². The number of aryl methyl sites for hydroxylation is 3. The largest absolute Gasteiger partial charge is 0.341 e. The van der Waals surface area contributed by atoms with Crippen molar-refractivity contribution in [1.82, 2.24) is 9.97 Å². The van der Waals surface area contributed by atoms with Crippen LogP contribution in [0, 0.1) is 20.8 Å². The number of hydrogen-bond donors (Lipinski definition) is 2. The molecule has 1 aromatic heterocycles. The van der Waals surface area contributed by atoms with Gasteiger partial charge >= 0.3 is 0 Å². The fourth-order valence-corrected chi connectivity index (χ4v) is 3.64. The Hall–Kier alpha value is -3.41. The quantitative estimate of drug-likeness (QED) is 0.630. The number of aromatic nitrogens is 2. The van der Waals surface area contributed by atoms with Crippen molar-refractivity contribution in [3.63, 3.8) is 0 Å². The van der Waals surface area contributed by atoms with E-state index in [1.165, 1.54) is 12.8 Å².